The third-order valence-electron chi connectivity index (χ3n) is 4.86. The van der Waals surface area contributed by atoms with Crippen molar-refractivity contribution in [2.45, 2.75) is 33.6 Å². The lowest BCUT2D eigenvalue weighted by molar-refractivity contribution is -0.614. The molecule has 1 aromatic carbocycles. The third kappa shape index (κ3) is 3.16. The molecule has 1 atom stereocenters. The van der Waals surface area contributed by atoms with E-state index in [4.69, 9.17) is 4.74 Å². The van der Waals surface area contributed by atoms with Gasteiger partial charge in [0.15, 0.2) is 17.7 Å². The van der Waals surface area contributed by atoms with Crippen LogP contribution in [0.3, 0.4) is 0 Å². The van der Waals surface area contributed by atoms with Gasteiger partial charge in [-0.25, -0.2) is 0 Å². The van der Waals surface area contributed by atoms with Gasteiger partial charge in [-0.05, 0) is 37.5 Å². The number of aromatic nitrogens is 1. The van der Waals surface area contributed by atoms with Gasteiger partial charge in [-0.15, -0.1) is 0 Å². The minimum Gasteiger partial charge on any atom is -0.619 e. The Kier molecular flexibility index (Phi) is 4.62. The number of allylic oxidation sites excluding steroid dienone is 2. The van der Waals surface area contributed by atoms with Crippen LogP contribution in [-0.4, -0.2) is 12.9 Å². The zero-order valence-corrected chi connectivity index (χ0v) is 15.1. The lowest BCUT2D eigenvalue weighted by Crippen LogP contribution is -2.33. The first-order valence-corrected chi connectivity index (χ1v) is 8.49. The highest BCUT2D eigenvalue weighted by Crippen LogP contribution is 2.39. The molecule has 1 aliphatic rings. The predicted octanol–water partition coefficient (Wildman–Crippen LogP) is 3.43. The first kappa shape index (κ1) is 17.2. The second kappa shape index (κ2) is 6.71. The van der Waals surface area contributed by atoms with Crippen molar-refractivity contribution in [1.82, 2.24) is 0 Å². The first-order chi connectivity index (χ1) is 11.9. The maximum Gasteiger partial charge on any atom is 0.193 e. The minimum absolute atomic E-state index is 0.0655. The van der Waals surface area contributed by atoms with Crippen LogP contribution in [0.5, 0.6) is 0 Å². The van der Waals surface area contributed by atoms with E-state index >= 15 is 0 Å². The molecule has 25 heavy (non-hydrogen) atoms. The fourth-order valence-corrected chi connectivity index (χ4v) is 3.82. The fraction of sp³-hybridized carbons (Fsp3) is 0.333. The number of carbonyl (C=O) groups is 1. The van der Waals surface area contributed by atoms with Gasteiger partial charge in [0.25, 0.3) is 0 Å². The number of ketones is 1. The molecular formula is C21H23NO3. The van der Waals surface area contributed by atoms with Gasteiger partial charge >= 0.3 is 0 Å². The quantitative estimate of drug-likeness (QED) is 0.634. The summed E-state index contributed by atoms with van der Waals surface area (Å²) in [6, 6.07) is 9.46. The molecule has 0 bridgehead atoms. The Hall–Kier alpha value is -2.62. The molecule has 4 nitrogen and oxygen atoms in total. The number of hydrogen-bond acceptors (Lipinski definition) is 3. The Morgan fingerprint density at radius 2 is 1.88 bits per heavy atom. The van der Waals surface area contributed by atoms with Gasteiger partial charge in [0, 0.05) is 30.9 Å². The Morgan fingerprint density at radius 1 is 1.20 bits per heavy atom. The van der Waals surface area contributed by atoms with Crippen molar-refractivity contribution in [2.75, 3.05) is 7.11 Å². The largest absolute Gasteiger partial charge is 0.619 e. The standard InChI is InChI=1S/C21H23NO3/c1-13-9-14(2)19(15(3)10-13)20-18(25-4)12-16(21(20)23)11-17-7-5-6-8-22(17)24/h5-10,16H,11-12H2,1-4H3. The van der Waals surface area contributed by atoms with Crippen molar-refractivity contribution in [3.63, 3.8) is 0 Å². The second-order valence-electron chi connectivity index (χ2n) is 6.76. The molecule has 0 aliphatic heterocycles. The van der Waals surface area contributed by atoms with E-state index in [1.807, 2.05) is 19.9 Å². The van der Waals surface area contributed by atoms with Crippen LogP contribution in [0.15, 0.2) is 42.3 Å². The molecule has 1 aromatic heterocycles. The van der Waals surface area contributed by atoms with Gasteiger partial charge in [0.1, 0.15) is 5.76 Å². The first-order valence-electron chi connectivity index (χ1n) is 8.49. The van der Waals surface area contributed by atoms with E-state index in [2.05, 4.69) is 19.1 Å². The minimum atomic E-state index is -0.257. The van der Waals surface area contributed by atoms with Crippen LogP contribution in [0, 0.1) is 31.9 Å². The average Bonchev–Trinajstić information content (AvgIpc) is 2.85. The highest BCUT2D eigenvalue weighted by molar-refractivity contribution is 6.25. The molecule has 3 rings (SSSR count). The van der Waals surface area contributed by atoms with Crippen molar-refractivity contribution in [1.29, 1.82) is 0 Å². The Bertz CT molecular complexity index is 844. The smallest absolute Gasteiger partial charge is 0.193 e. The van der Waals surface area contributed by atoms with E-state index in [9.17, 15) is 10.0 Å². The summed E-state index contributed by atoms with van der Waals surface area (Å²) in [6.07, 6.45) is 2.42. The van der Waals surface area contributed by atoms with Crippen LogP contribution in [0.25, 0.3) is 5.57 Å². The number of nitrogens with zero attached hydrogens (tertiary/aromatic N) is 1. The molecule has 0 saturated heterocycles. The topological polar surface area (TPSA) is 53.2 Å². The zero-order chi connectivity index (χ0) is 18.1. The lowest BCUT2D eigenvalue weighted by Gasteiger charge is -2.14. The highest BCUT2D eigenvalue weighted by atomic mass is 16.5. The van der Waals surface area contributed by atoms with Crippen molar-refractivity contribution in [3.05, 3.63) is 75.4 Å². The molecule has 130 valence electrons. The van der Waals surface area contributed by atoms with Crippen molar-refractivity contribution < 1.29 is 14.3 Å². The van der Waals surface area contributed by atoms with E-state index in [0.717, 1.165) is 27.2 Å². The second-order valence-corrected chi connectivity index (χ2v) is 6.76. The molecule has 2 aromatic rings. The van der Waals surface area contributed by atoms with Crippen molar-refractivity contribution in [3.8, 4) is 0 Å². The maximum atomic E-state index is 13.1. The fourth-order valence-electron chi connectivity index (χ4n) is 3.82. The summed E-state index contributed by atoms with van der Waals surface area (Å²) in [6.45, 7) is 6.11. The average molecular weight is 337 g/mol. The summed E-state index contributed by atoms with van der Waals surface area (Å²) in [4.78, 5) is 13.1. The number of hydrogen-bond donors (Lipinski definition) is 0. The molecule has 0 amide bonds. The van der Waals surface area contributed by atoms with Gasteiger partial charge in [0.05, 0.1) is 12.7 Å². The summed E-state index contributed by atoms with van der Waals surface area (Å²) >= 11 is 0. The van der Waals surface area contributed by atoms with Crippen LogP contribution in [0.2, 0.25) is 0 Å². The number of methoxy groups -OCH3 is 1. The molecule has 4 heteroatoms. The highest BCUT2D eigenvalue weighted by Gasteiger charge is 2.37. The number of rotatable bonds is 4. The number of ether oxygens (including phenoxy) is 1. The monoisotopic (exact) mass is 337 g/mol. The summed E-state index contributed by atoms with van der Waals surface area (Å²) in [5, 5.41) is 11.9. The molecule has 0 spiro atoms. The molecule has 0 radical (unpaired) electrons. The van der Waals surface area contributed by atoms with Gasteiger partial charge in [-0.1, -0.05) is 23.8 Å². The summed E-state index contributed by atoms with van der Waals surface area (Å²) in [5.41, 5.74) is 5.59. The van der Waals surface area contributed by atoms with Gasteiger partial charge in [0.2, 0.25) is 0 Å². The van der Waals surface area contributed by atoms with Crippen LogP contribution in [0.4, 0.5) is 0 Å². The summed E-state index contributed by atoms with van der Waals surface area (Å²) < 4.78 is 6.39. The number of carbonyl (C=O) groups excluding carboxylic acids is 1. The van der Waals surface area contributed by atoms with E-state index in [1.54, 1.807) is 19.2 Å². The Morgan fingerprint density at radius 3 is 2.48 bits per heavy atom. The lowest BCUT2D eigenvalue weighted by atomic mass is 9.90. The van der Waals surface area contributed by atoms with Gasteiger partial charge < -0.3 is 9.94 Å². The van der Waals surface area contributed by atoms with Crippen molar-refractivity contribution in [2.24, 2.45) is 5.92 Å². The third-order valence-corrected chi connectivity index (χ3v) is 4.86. The van der Waals surface area contributed by atoms with Gasteiger partial charge in [-0.2, -0.15) is 4.73 Å². The molecule has 1 heterocycles. The molecular weight excluding hydrogens is 314 g/mol. The Labute approximate surface area is 148 Å². The van der Waals surface area contributed by atoms with Crippen LogP contribution < -0.4 is 4.73 Å². The molecule has 1 unspecified atom stereocenters. The van der Waals surface area contributed by atoms with Crippen LogP contribution in [0.1, 0.15) is 34.4 Å². The molecule has 1 aliphatic carbocycles. The summed E-state index contributed by atoms with van der Waals surface area (Å²) in [7, 11) is 1.61. The molecule has 0 N–H and O–H groups in total. The van der Waals surface area contributed by atoms with E-state index in [0.29, 0.717) is 24.1 Å². The SMILES string of the molecule is COC1=C(c2c(C)cc(C)cc2C)C(=O)C(Cc2cccc[n+]2[O-])C1. The normalized spacial score (nSPS) is 17.3. The maximum absolute atomic E-state index is 13.1. The Balaban J connectivity index is 1.98. The van der Waals surface area contributed by atoms with Crippen LogP contribution >= 0.6 is 0 Å². The molecule has 0 saturated carbocycles. The van der Waals surface area contributed by atoms with Gasteiger partial charge in [-0.3, -0.25) is 4.79 Å². The van der Waals surface area contributed by atoms with E-state index in [1.165, 1.54) is 11.8 Å². The van der Waals surface area contributed by atoms with E-state index < -0.39 is 0 Å². The number of benzene rings is 1. The van der Waals surface area contributed by atoms with Crippen LogP contribution in [-0.2, 0) is 16.0 Å². The molecule has 0 fully saturated rings. The summed E-state index contributed by atoms with van der Waals surface area (Å²) in [5.74, 6) is 0.529. The predicted molar refractivity (Wildman–Crippen MR) is 96.8 cm³/mol. The number of Topliss-reactive ketones (excluding diaryl/α,β-unsaturated/α-hetero) is 1. The number of aryl methyl sites for hydroxylation is 3. The zero-order valence-electron chi connectivity index (χ0n) is 15.1. The van der Waals surface area contributed by atoms with Crippen molar-refractivity contribution >= 4 is 11.4 Å². The van der Waals surface area contributed by atoms with E-state index in [-0.39, 0.29) is 11.7 Å². The number of pyridine rings is 1.